The molecular weight excluding hydrogens is 727 g/mol. The van der Waals surface area contributed by atoms with E-state index in [-0.39, 0.29) is 80.2 Å². The first kappa shape index (κ1) is 39.8. The van der Waals surface area contributed by atoms with Crippen molar-refractivity contribution in [3.05, 3.63) is 53.1 Å². The first-order chi connectivity index (χ1) is 26.6. The molecule has 3 saturated carbocycles. The Hall–Kier alpha value is -4.47. The Labute approximate surface area is 324 Å². The molecular formula is C41H51FN4O10. The molecule has 4 fully saturated rings. The molecule has 2 heterocycles. The van der Waals surface area contributed by atoms with Gasteiger partial charge < -0.3 is 35.6 Å². The van der Waals surface area contributed by atoms with Crippen LogP contribution in [0.1, 0.15) is 92.9 Å². The summed E-state index contributed by atoms with van der Waals surface area (Å²) in [6.45, 7) is 5.43. The van der Waals surface area contributed by atoms with Crippen molar-refractivity contribution in [3.63, 3.8) is 0 Å². The quantitative estimate of drug-likeness (QED) is 0.173. The number of hydrogen-bond donors (Lipinski definition) is 5. The van der Waals surface area contributed by atoms with E-state index in [1.807, 2.05) is 0 Å². The van der Waals surface area contributed by atoms with E-state index in [1.54, 1.807) is 32.9 Å². The van der Waals surface area contributed by atoms with Gasteiger partial charge in [-0.3, -0.25) is 33.7 Å². The van der Waals surface area contributed by atoms with Crippen LogP contribution in [0.25, 0.3) is 0 Å². The van der Waals surface area contributed by atoms with Gasteiger partial charge in [0, 0.05) is 36.3 Å². The summed E-state index contributed by atoms with van der Waals surface area (Å²) in [5.41, 5.74) is -5.28. The fourth-order valence-electron chi connectivity index (χ4n) is 10.8. The van der Waals surface area contributed by atoms with Crippen LogP contribution >= 0.6 is 0 Å². The smallest absolute Gasteiger partial charge is 0.265 e. The van der Waals surface area contributed by atoms with Crippen molar-refractivity contribution in [2.24, 2.45) is 28.6 Å². The summed E-state index contributed by atoms with van der Waals surface area (Å²) in [6.07, 6.45) is 5.51. The highest BCUT2D eigenvalue weighted by Crippen LogP contribution is 2.70. The van der Waals surface area contributed by atoms with Crippen LogP contribution in [0.4, 0.5) is 4.39 Å². The summed E-state index contributed by atoms with van der Waals surface area (Å²) in [7, 11) is 0. The first-order valence-electron chi connectivity index (χ1n) is 19.6. The SMILES string of the molecule is C[C@@H]1C[C@H]2[C@@H]3CCC4=CC(=O)C=C[C@]4(C)[C@@]3(F)[C@@H](O)C[C@]2(C)[C@@]1(O)C(=O)NCCCCNC(=O)COc1cccc2c1C(=O)N(C1CCC(=O)NCOC1)C2=O. The molecule has 15 heteroatoms. The Balaban J connectivity index is 0.891. The van der Waals surface area contributed by atoms with Crippen LogP contribution in [0.2, 0.25) is 0 Å². The maximum absolute atomic E-state index is 17.4. The summed E-state index contributed by atoms with van der Waals surface area (Å²) in [6, 6.07) is 3.95. The monoisotopic (exact) mass is 778 g/mol. The lowest BCUT2D eigenvalue weighted by Gasteiger charge is -2.62. The van der Waals surface area contributed by atoms with Gasteiger partial charge in [0.05, 0.1) is 29.9 Å². The summed E-state index contributed by atoms with van der Waals surface area (Å²) in [5, 5.41) is 31.9. The Morgan fingerprint density at radius 2 is 1.80 bits per heavy atom. The third kappa shape index (κ3) is 6.17. The van der Waals surface area contributed by atoms with Gasteiger partial charge in [0.25, 0.3) is 23.6 Å². The number of benzene rings is 1. The van der Waals surface area contributed by atoms with Gasteiger partial charge in [-0.25, -0.2) is 4.39 Å². The van der Waals surface area contributed by atoms with E-state index in [0.29, 0.717) is 37.7 Å². The van der Waals surface area contributed by atoms with Crippen LogP contribution in [-0.2, 0) is 23.9 Å². The summed E-state index contributed by atoms with van der Waals surface area (Å²) < 4.78 is 28.6. The number of ketones is 1. The number of amides is 5. The number of halogens is 1. The van der Waals surface area contributed by atoms with E-state index in [9.17, 15) is 39.0 Å². The van der Waals surface area contributed by atoms with Gasteiger partial charge in [0.15, 0.2) is 23.7 Å². The highest BCUT2D eigenvalue weighted by Gasteiger charge is 2.75. The summed E-state index contributed by atoms with van der Waals surface area (Å²) in [4.78, 5) is 78.2. The van der Waals surface area contributed by atoms with Gasteiger partial charge >= 0.3 is 0 Å². The van der Waals surface area contributed by atoms with Crippen molar-refractivity contribution >= 4 is 35.3 Å². The molecule has 7 rings (SSSR count). The molecule has 0 aromatic heterocycles. The number of fused-ring (bicyclic) bond motifs is 6. The maximum atomic E-state index is 17.4. The number of nitrogens with one attached hydrogen (secondary N) is 3. The van der Waals surface area contributed by atoms with Crippen LogP contribution in [-0.4, -0.2) is 107 Å². The van der Waals surface area contributed by atoms with E-state index < -0.39 is 76.3 Å². The van der Waals surface area contributed by atoms with Gasteiger partial charge in [-0.15, -0.1) is 0 Å². The van der Waals surface area contributed by atoms with Crippen LogP contribution in [0.5, 0.6) is 5.75 Å². The molecule has 0 radical (unpaired) electrons. The molecule has 6 aliphatic rings. The van der Waals surface area contributed by atoms with Crippen LogP contribution in [0.3, 0.4) is 0 Å². The minimum absolute atomic E-state index is 0.0158. The maximum Gasteiger partial charge on any atom is 0.265 e. The van der Waals surface area contributed by atoms with Gasteiger partial charge in [-0.2, -0.15) is 0 Å². The first-order valence-corrected chi connectivity index (χ1v) is 19.6. The van der Waals surface area contributed by atoms with Crippen LogP contribution < -0.4 is 20.7 Å². The molecule has 14 nitrogen and oxygen atoms in total. The van der Waals surface area contributed by atoms with Crippen molar-refractivity contribution in [1.82, 2.24) is 20.9 Å². The Morgan fingerprint density at radius 3 is 2.57 bits per heavy atom. The number of nitrogens with zero attached hydrogens (tertiary/aromatic N) is 1. The second-order valence-corrected chi connectivity index (χ2v) is 16.7. The average molecular weight is 779 g/mol. The molecule has 2 aliphatic heterocycles. The number of aliphatic hydroxyl groups is 2. The fourth-order valence-corrected chi connectivity index (χ4v) is 10.8. The second kappa shape index (κ2) is 14.8. The third-order valence-electron chi connectivity index (χ3n) is 13.8. The Kier molecular flexibility index (Phi) is 10.5. The van der Waals surface area contributed by atoms with Crippen LogP contribution in [0.15, 0.2) is 42.0 Å². The molecule has 0 bridgehead atoms. The van der Waals surface area contributed by atoms with Gasteiger partial charge in [-0.05, 0) is 88.0 Å². The second-order valence-electron chi connectivity index (χ2n) is 16.7. The van der Waals surface area contributed by atoms with Crippen molar-refractivity contribution in [3.8, 4) is 5.75 Å². The molecule has 1 aromatic carbocycles. The summed E-state index contributed by atoms with van der Waals surface area (Å²) >= 11 is 0. The molecule has 5 N–H and O–H groups in total. The highest BCUT2D eigenvalue weighted by atomic mass is 19.1. The molecule has 1 saturated heterocycles. The molecule has 1 unspecified atom stereocenters. The van der Waals surface area contributed by atoms with Gasteiger partial charge in [-0.1, -0.05) is 31.6 Å². The lowest BCUT2D eigenvalue weighted by atomic mass is 9.44. The Bertz CT molecular complexity index is 1900. The topological polar surface area (TPSA) is 201 Å². The number of allylic oxidation sites excluding steroid dienone is 4. The van der Waals surface area contributed by atoms with Crippen molar-refractivity contribution in [2.75, 3.05) is 33.0 Å². The number of carbonyl (C=O) groups excluding carboxylic acids is 6. The van der Waals surface area contributed by atoms with Gasteiger partial charge in [0.1, 0.15) is 12.5 Å². The van der Waals surface area contributed by atoms with E-state index in [2.05, 4.69) is 16.0 Å². The zero-order chi connectivity index (χ0) is 40.2. The number of alkyl halides is 1. The number of unbranched alkanes of at least 4 members (excludes halogenated alkanes) is 1. The van der Waals surface area contributed by atoms with E-state index in [0.717, 1.165) is 4.90 Å². The van der Waals surface area contributed by atoms with Crippen molar-refractivity contribution in [2.45, 2.75) is 95.6 Å². The zero-order valence-corrected chi connectivity index (χ0v) is 32.0. The van der Waals surface area contributed by atoms with E-state index in [1.165, 1.54) is 24.3 Å². The number of carbonyl (C=O) groups is 6. The number of aliphatic hydroxyl groups excluding tert-OH is 1. The van der Waals surface area contributed by atoms with E-state index in [4.69, 9.17) is 9.47 Å². The standard InChI is InChI=1S/C41H51FN4O10/c1-23-17-29-28-11-9-24-18-26(47)13-14-38(24,2)40(28,42)31(48)19-39(29,3)41(23,54)37(53)44-16-5-4-15-43-33(50)21-56-30-8-6-7-27-34(30)36(52)46(35(27)51)25-10-12-32(49)45-22-55-20-25/h6-8,13-14,18,23,25,28-29,31,48,54H,4-5,9-12,15-17,19-22H2,1-3H3,(H,43,50)(H,44,53)(H,45,49)/t23-,25?,28+,29+,31+,38+,39+,40+,41+/m1/s1. The molecule has 9 atom stereocenters. The predicted molar refractivity (Wildman–Crippen MR) is 198 cm³/mol. The largest absolute Gasteiger partial charge is 0.483 e. The molecule has 302 valence electrons. The summed E-state index contributed by atoms with van der Waals surface area (Å²) in [5.74, 6) is -3.95. The van der Waals surface area contributed by atoms with Crippen molar-refractivity contribution < 1.29 is 52.8 Å². The number of imide groups is 1. The molecule has 1 aromatic rings. The van der Waals surface area contributed by atoms with Gasteiger partial charge in [0.2, 0.25) is 5.91 Å². The average Bonchev–Trinajstić information content (AvgIpc) is 3.53. The van der Waals surface area contributed by atoms with Crippen molar-refractivity contribution in [1.29, 1.82) is 0 Å². The normalized spacial score (nSPS) is 36.3. The number of rotatable bonds is 10. The lowest BCUT2D eigenvalue weighted by Crippen LogP contribution is -2.70. The third-order valence-corrected chi connectivity index (χ3v) is 13.8. The molecule has 0 spiro atoms. The molecule has 56 heavy (non-hydrogen) atoms. The number of ether oxygens (including phenoxy) is 2. The fraction of sp³-hybridized carbons (Fsp3) is 0.610. The van der Waals surface area contributed by atoms with E-state index >= 15 is 4.39 Å². The minimum Gasteiger partial charge on any atom is -0.483 e. The van der Waals surface area contributed by atoms with Crippen LogP contribution in [0, 0.1) is 28.6 Å². The molecule has 5 amide bonds. The predicted octanol–water partition coefficient (Wildman–Crippen LogP) is 2.27. The lowest BCUT2D eigenvalue weighted by molar-refractivity contribution is -0.219. The molecule has 4 aliphatic carbocycles. The minimum atomic E-state index is -2.06. The Morgan fingerprint density at radius 1 is 1.05 bits per heavy atom. The zero-order valence-electron chi connectivity index (χ0n) is 32.0. The highest BCUT2D eigenvalue weighted by molar-refractivity contribution is 6.23. The number of hydrogen-bond acceptors (Lipinski definition) is 10.